The predicted molar refractivity (Wildman–Crippen MR) is 157 cm³/mol. The zero-order valence-electron chi connectivity index (χ0n) is 23.7. The van der Waals surface area contributed by atoms with E-state index < -0.39 is 11.9 Å². The fourth-order valence-electron chi connectivity index (χ4n) is 3.30. The van der Waals surface area contributed by atoms with Crippen LogP contribution in [0.4, 0.5) is 0 Å². The van der Waals surface area contributed by atoms with E-state index in [4.69, 9.17) is 33.3 Å². The van der Waals surface area contributed by atoms with Gasteiger partial charge in [0.25, 0.3) is 0 Å². The van der Waals surface area contributed by atoms with Crippen molar-refractivity contribution < 1.29 is 47.8 Å². The van der Waals surface area contributed by atoms with Crippen molar-refractivity contribution in [2.75, 3.05) is 33.2 Å². The van der Waals surface area contributed by atoms with Gasteiger partial charge in [0.15, 0.2) is 6.26 Å². The van der Waals surface area contributed by atoms with E-state index in [1.54, 1.807) is 72.8 Å². The number of hydrogen-bond acceptors (Lipinski definition) is 10. The van der Waals surface area contributed by atoms with Crippen LogP contribution in [0.1, 0.15) is 29.6 Å². The van der Waals surface area contributed by atoms with E-state index in [0.29, 0.717) is 80.0 Å². The van der Waals surface area contributed by atoms with Crippen molar-refractivity contribution in [3.8, 4) is 28.7 Å². The molecular formula is C33H34O10. The van der Waals surface area contributed by atoms with Crippen molar-refractivity contribution in [2.45, 2.75) is 19.3 Å². The van der Waals surface area contributed by atoms with Gasteiger partial charge in [-0.05, 0) is 85.6 Å². The Kier molecular flexibility index (Phi) is 14.3. The summed E-state index contributed by atoms with van der Waals surface area (Å²) in [5.41, 5.74) is 2.82. The van der Waals surface area contributed by atoms with Crippen LogP contribution >= 0.6 is 0 Å². The highest BCUT2D eigenvalue weighted by Gasteiger charge is 2.09. The van der Waals surface area contributed by atoms with E-state index in [0.717, 1.165) is 6.08 Å². The summed E-state index contributed by atoms with van der Waals surface area (Å²) < 4.78 is 32.9. The molecule has 0 aliphatic rings. The minimum absolute atomic E-state index is 0.00693. The Hall–Kier alpha value is -5.18. The molecule has 0 aliphatic heterocycles. The Balaban J connectivity index is 1.31. The summed E-state index contributed by atoms with van der Waals surface area (Å²) in [6.45, 7) is 8.32. The molecule has 0 unspecified atom stereocenters. The minimum atomic E-state index is -0.497. The standard InChI is InChI=1S/C33H34O10/c1-3-20-41-42-24-7-23-37-28-12-14-29(15-13-28)39-25-40-30-16-18-31(19-17-30)43-33(35)26-8-10-27(11-9-26)36-21-5-6-22-38-32(34)4-2/h4,8-20H,1-2,5-7,21-25H2. The quantitative estimate of drug-likeness (QED) is 0.0173. The van der Waals surface area contributed by atoms with E-state index in [1.165, 1.54) is 6.26 Å². The fourth-order valence-corrected chi connectivity index (χ4v) is 3.30. The average molecular weight is 591 g/mol. The van der Waals surface area contributed by atoms with Gasteiger partial charge in [-0.1, -0.05) is 18.9 Å². The normalized spacial score (nSPS) is 10.0. The first kappa shape index (κ1) is 32.3. The molecule has 3 rings (SSSR count). The summed E-state index contributed by atoms with van der Waals surface area (Å²) >= 11 is 0. The third-order valence-electron chi connectivity index (χ3n) is 5.46. The van der Waals surface area contributed by atoms with Crippen LogP contribution < -0.4 is 23.7 Å². The van der Waals surface area contributed by atoms with Crippen LogP contribution in [-0.2, 0) is 19.3 Å². The third kappa shape index (κ3) is 12.9. The second-order valence-electron chi connectivity index (χ2n) is 8.63. The monoisotopic (exact) mass is 590 g/mol. The SMILES string of the molecule is C=C=COOCCCOc1ccc(OCOc2ccc(OC(=O)c3ccc(OCCCCOC(=O)C=C)cc3)cc2)cc1. The predicted octanol–water partition coefficient (Wildman–Crippen LogP) is 6.23. The molecule has 0 heterocycles. The molecule has 0 spiro atoms. The molecule has 0 saturated heterocycles. The van der Waals surface area contributed by atoms with E-state index in [1.807, 2.05) is 0 Å². The zero-order valence-corrected chi connectivity index (χ0v) is 23.7. The molecule has 3 aromatic carbocycles. The summed E-state index contributed by atoms with van der Waals surface area (Å²) in [4.78, 5) is 33.0. The lowest BCUT2D eigenvalue weighted by Crippen LogP contribution is -2.09. The van der Waals surface area contributed by atoms with Gasteiger partial charge in [-0.25, -0.2) is 9.59 Å². The number of carbonyl (C=O) groups is 2. The van der Waals surface area contributed by atoms with Gasteiger partial charge in [-0.2, -0.15) is 4.89 Å². The molecule has 0 saturated carbocycles. The number of rotatable bonds is 20. The Morgan fingerprint density at radius 1 is 0.651 bits per heavy atom. The van der Waals surface area contributed by atoms with Crippen molar-refractivity contribution in [1.29, 1.82) is 0 Å². The van der Waals surface area contributed by atoms with Crippen molar-refractivity contribution in [3.05, 3.63) is 110 Å². The van der Waals surface area contributed by atoms with Gasteiger partial charge in [0, 0.05) is 12.5 Å². The lowest BCUT2D eigenvalue weighted by Gasteiger charge is -2.11. The lowest BCUT2D eigenvalue weighted by molar-refractivity contribution is -0.249. The largest absolute Gasteiger partial charge is 0.494 e. The van der Waals surface area contributed by atoms with Gasteiger partial charge in [-0.3, -0.25) is 0 Å². The highest BCUT2D eigenvalue weighted by Crippen LogP contribution is 2.21. The maximum absolute atomic E-state index is 12.5. The molecule has 0 amide bonds. The maximum atomic E-state index is 12.5. The summed E-state index contributed by atoms with van der Waals surface area (Å²) in [5, 5.41) is 0. The molecule has 0 aromatic heterocycles. The first-order valence-corrected chi connectivity index (χ1v) is 13.5. The van der Waals surface area contributed by atoms with Crippen molar-refractivity contribution in [1.82, 2.24) is 0 Å². The number of ether oxygens (including phenoxy) is 6. The molecular weight excluding hydrogens is 556 g/mol. The second kappa shape index (κ2) is 19.0. The van der Waals surface area contributed by atoms with Crippen LogP contribution in [0.15, 0.2) is 104 Å². The molecule has 0 aliphatic carbocycles. The molecule has 0 bridgehead atoms. The van der Waals surface area contributed by atoms with Crippen LogP contribution in [0.5, 0.6) is 28.7 Å². The Bertz CT molecular complexity index is 1310. The molecule has 3 aromatic rings. The number of benzene rings is 3. The highest BCUT2D eigenvalue weighted by molar-refractivity contribution is 5.91. The van der Waals surface area contributed by atoms with Crippen molar-refractivity contribution in [2.24, 2.45) is 0 Å². The van der Waals surface area contributed by atoms with Crippen LogP contribution in [0.25, 0.3) is 0 Å². The van der Waals surface area contributed by atoms with Crippen molar-refractivity contribution in [3.63, 3.8) is 0 Å². The van der Waals surface area contributed by atoms with Gasteiger partial charge in [-0.15, -0.1) is 0 Å². The second-order valence-corrected chi connectivity index (χ2v) is 8.63. The minimum Gasteiger partial charge on any atom is -0.494 e. The first-order valence-electron chi connectivity index (χ1n) is 13.5. The summed E-state index contributed by atoms with van der Waals surface area (Å²) in [6.07, 6.45) is 4.41. The average Bonchev–Trinajstić information content (AvgIpc) is 3.04. The fraction of sp³-hybridized carbons (Fsp3) is 0.242. The Morgan fingerprint density at radius 3 is 1.74 bits per heavy atom. The molecule has 0 fully saturated rings. The van der Waals surface area contributed by atoms with Gasteiger partial charge >= 0.3 is 11.9 Å². The van der Waals surface area contributed by atoms with Crippen LogP contribution in [0, 0.1) is 0 Å². The number of hydrogen-bond donors (Lipinski definition) is 0. The zero-order chi connectivity index (χ0) is 30.5. The van der Waals surface area contributed by atoms with Gasteiger partial charge in [0.2, 0.25) is 6.79 Å². The van der Waals surface area contributed by atoms with E-state index in [2.05, 4.69) is 23.8 Å². The summed E-state index contributed by atoms with van der Waals surface area (Å²) in [6, 6.07) is 20.4. The first-order chi connectivity index (χ1) is 21.1. The topological polar surface area (TPSA) is 108 Å². The number of unbranched alkanes of at least 4 members (excludes halogenated alkanes) is 1. The molecule has 43 heavy (non-hydrogen) atoms. The number of esters is 2. The Labute approximate surface area is 250 Å². The smallest absolute Gasteiger partial charge is 0.343 e. The van der Waals surface area contributed by atoms with Crippen LogP contribution in [-0.4, -0.2) is 45.2 Å². The summed E-state index contributed by atoms with van der Waals surface area (Å²) in [7, 11) is 0. The highest BCUT2D eigenvalue weighted by atomic mass is 17.2. The molecule has 0 radical (unpaired) electrons. The number of carbonyl (C=O) groups excluding carboxylic acids is 2. The molecule has 0 N–H and O–H groups in total. The lowest BCUT2D eigenvalue weighted by atomic mass is 10.2. The van der Waals surface area contributed by atoms with Crippen molar-refractivity contribution >= 4 is 11.9 Å². The Morgan fingerprint density at radius 2 is 1.16 bits per heavy atom. The van der Waals surface area contributed by atoms with Gasteiger partial charge in [0.05, 0.1) is 32.0 Å². The third-order valence-corrected chi connectivity index (χ3v) is 5.46. The van der Waals surface area contributed by atoms with Gasteiger partial charge < -0.3 is 33.3 Å². The maximum Gasteiger partial charge on any atom is 0.343 e. The van der Waals surface area contributed by atoms with Crippen LogP contribution in [0.2, 0.25) is 0 Å². The van der Waals surface area contributed by atoms with E-state index in [-0.39, 0.29) is 6.79 Å². The van der Waals surface area contributed by atoms with Gasteiger partial charge in [0.1, 0.15) is 28.7 Å². The summed E-state index contributed by atoms with van der Waals surface area (Å²) in [5.74, 6) is 1.93. The van der Waals surface area contributed by atoms with Crippen LogP contribution in [0.3, 0.4) is 0 Å². The molecule has 0 atom stereocenters. The van der Waals surface area contributed by atoms with E-state index >= 15 is 0 Å². The molecule has 10 nitrogen and oxygen atoms in total. The molecule has 226 valence electrons. The van der Waals surface area contributed by atoms with E-state index in [9.17, 15) is 9.59 Å². The molecule has 10 heteroatoms.